The van der Waals surface area contributed by atoms with Crippen LogP contribution in [-0.2, 0) is 17.8 Å². The Kier molecular flexibility index (Phi) is 3.67. The first-order valence-corrected chi connectivity index (χ1v) is 7.10. The molecule has 2 atom stereocenters. The predicted molar refractivity (Wildman–Crippen MR) is 68.5 cm³/mol. The largest absolute Gasteiger partial charge is 0.598 e. The molecule has 0 spiro atoms. The van der Waals surface area contributed by atoms with Crippen molar-refractivity contribution in [2.45, 2.75) is 44.4 Å². The van der Waals surface area contributed by atoms with Gasteiger partial charge in [0.1, 0.15) is 16.4 Å². The number of benzene rings is 1. The van der Waals surface area contributed by atoms with Crippen molar-refractivity contribution in [2.75, 3.05) is 0 Å². The van der Waals surface area contributed by atoms with Gasteiger partial charge in [0, 0.05) is 17.4 Å². The van der Waals surface area contributed by atoms with Gasteiger partial charge in [-0.3, -0.25) is 0 Å². The monoisotopic (exact) mass is 273 g/mol. The summed E-state index contributed by atoms with van der Waals surface area (Å²) in [7, 11) is 0. The average Bonchev–Trinajstić information content (AvgIpc) is 2.60. The molecule has 0 aromatic heterocycles. The van der Waals surface area contributed by atoms with Crippen LogP contribution in [0.1, 0.15) is 44.4 Å². The van der Waals surface area contributed by atoms with E-state index >= 15 is 0 Å². The minimum absolute atomic E-state index is 0.231. The van der Waals surface area contributed by atoms with Crippen molar-refractivity contribution in [1.82, 2.24) is 4.72 Å². The second-order valence-electron chi connectivity index (χ2n) is 5.55. The van der Waals surface area contributed by atoms with Crippen molar-refractivity contribution in [3.8, 4) is 0 Å². The summed E-state index contributed by atoms with van der Waals surface area (Å²) in [6.45, 7) is 5.58. The molecular formula is C13H17F2NOS. The highest BCUT2D eigenvalue weighted by Crippen LogP contribution is 2.34. The maximum Gasteiger partial charge on any atom is 0.136 e. The minimum atomic E-state index is -1.24. The highest BCUT2D eigenvalue weighted by Gasteiger charge is 2.34. The summed E-state index contributed by atoms with van der Waals surface area (Å²) in [5, 5.41) is 0. The molecule has 0 aliphatic heterocycles. The van der Waals surface area contributed by atoms with Gasteiger partial charge in [-0.2, -0.15) is 0 Å². The third-order valence-corrected chi connectivity index (χ3v) is 4.67. The van der Waals surface area contributed by atoms with Crippen LogP contribution in [0.5, 0.6) is 0 Å². The first-order chi connectivity index (χ1) is 8.29. The van der Waals surface area contributed by atoms with Crippen LogP contribution in [0.3, 0.4) is 0 Å². The van der Waals surface area contributed by atoms with Crippen LogP contribution < -0.4 is 4.72 Å². The molecule has 0 saturated carbocycles. The van der Waals surface area contributed by atoms with E-state index in [-0.39, 0.29) is 6.04 Å². The Morgan fingerprint density at radius 3 is 2.61 bits per heavy atom. The van der Waals surface area contributed by atoms with Crippen molar-refractivity contribution >= 4 is 11.4 Å². The second-order valence-corrected chi connectivity index (χ2v) is 7.54. The lowest BCUT2D eigenvalue weighted by atomic mass is 10.1. The minimum Gasteiger partial charge on any atom is -0.598 e. The average molecular weight is 273 g/mol. The van der Waals surface area contributed by atoms with Gasteiger partial charge in [-0.25, -0.2) is 8.78 Å². The molecule has 0 amide bonds. The van der Waals surface area contributed by atoms with Crippen LogP contribution >= 0.6 is 0 Å². The van der Waals surface area contributed by atoms with Crippen LogP contribution in [0.2, 0.25) is 0 Å². The van der Waals surface area contributed by atoms with E-state index in [9.17, 15) is 13.3 Å². The van der Waals surface area contributed by atoms with E-state index in [1.54, 1.807) is 0 Å². The highest BCUT2D eigenvalue weighted by atomic mass is 32.2. The number of halogens is 2. The van der Waals surface area contributed by atoms with Crippen molar-refractivity contribution in [3.05, 3.63) is 34.9 Å². The molecule has 0 bridgehead atoms. The lowest BCUT2D eigenvalue weighted by molar-refractivity contribution is 0.521. The van der Waals surface area contributed by atoms with Crippen molar-refractivity contribution < 1.29 is 13.3 Å². The molecule has 1 aromatic rings. The standard InChI is InChI=1S/C13H17F2NOS/c1-13(2,3)18(17)16-12-5-4-9-10(12)6-8(14)7-11(9)15/h6-7,12,16H,4-5H2,1-3H3/t12?,18-/m1/s1. The quantitative estimate of drug-likeness (QED) is 0.841. The zero-order valence-corrected chi connectivity index (χ0v) is 11.5. The summed E-state index contributed by atoms with van der Waals surface area (Å²) in [4.78, 5) is 0. The SMILES string of the molecule is CC(C)(C)[S@@+]([O-])NC1CCc2c(F)cc(F)cc21. The summed E-state index contributed by atoms with van der Waals surface area (Å²) in [6.07, 6.45) is 1.21. The Morgan fingerprint density at radius 1 is 1.33 bits per heavy atom. The zero-order chi connectivity index (χ0) is 13.5. The van der Waals surface area contributed by atoms with Crippen molar-refractivity contribution in [1.29, 1.82) is 0 Å². The van der Waals surface area contributed by atoms with E-state index in [2.05, 4.69) is 4.72 Å². The van der Waals surface area contributed by atoms with E-state index < -0.39 is 27.7 Å². The molecule has 5 heteroatoms. The summed E-state index contributed by atoms with van der Waals surface area (Å²) < 4.78 is 41.4. The Labute approximate surface area is 109 Å². The van der Waals surface area contributed by atoms with E-state index in [1.807, 2.05) is 20.8 Å². The topological polar surface area (TPSA) is 35.1 Å². The maximum atomic E-state index is 13.6. The third-order valence-electron chi connectivity index (χ3n) is 3.06. The van der Waals surface area contributed by atoms with Gasteiger partial charge in [-0.05, 0) is 50.8 Å². The van der Waals surface area contributed by atoms with Gasteiger partial charge in [0.05, 0.1) is 6.04 Å². The van der Waals surface area contributed by atoms with Gasteiger partial charge >= 0.3 is 0 Å². The summed E-state index contributed by atoms with van der Waals surface area (Å²) >= 11 is -1.24. The molecular weight excluding hydrogens is 256 g/mol. The molecule has 18 heavy (non-hydrogen) atoms. The molecule has 100 valence electrons. The zero-order valence-electron chi connectivity index (χ0n) is 10.7. The fourth-order valence-electron chi connectivity index (χ4n) is 2.07. The predicted octanol–water partition coefficient (Wildman–Crippen LogP) is 3.00. The first kappa shape index (κ1) is 13.8. The molecule has 0 saturated heterocycles. The smallest absolute Gasteiger partial charge is 0.136 e. The van der Waals surface area contributed by atoms with Crippen LogP contribution in [0.15, 0.2) is 12.1 Å². The number of rotatable bonds is 2. The first-order valence-electron chi connectivity index (χ1n) is 5.95. The molecule has 0 fully saturated rings. The molecule has 1 N–H and O–H groups in total. The number of hydrogen-bond donors (Lipinski definition) is 1. The fourth-order valence-corrected chi connectivity index (χ4v) is 2.93. The molecule has 0 heterocycles. The van der Waals surface area contributed by atoms with Gasteiger partial charge in [-0.15, -0.1) is 4.72 Å². The van der Waals surface area contributed by atoms with Crippen LogP contribution in [-0.4, -0.2) is 9.30 Å². The maximum absolute atomic E-state index is 13.6. The van der Waals surface area contributed by atoms with E-state index in [0.717, 1.165) is 6.07 Å². The molecule has 1 aliphatic rings. The Morgan fingerprint density at radius 2 is 2.00 bits per heavy atom. The number of fused-ring (bicyclic) bond motifs is 1. The summed E-state index contributed by atoms with van der Waals surface area (Å²) in [6, 6.07) is 2.01. The lowest BCUT2D eigenvalue weighted by Crippen LogP contribution is -2.40. The number of hydrogen-bond acceptors (Lipinski definition) is 2. The van der Waals surface area contributed by atoms with Gasteiger partial charge in [0.2, 0.25) is 0 Å². The van der Waals surface area contributed by atoms with Crippen molar-refractivity contribution in [2.24, 2.45) is 0 Å². The van der Waals surface area contributed by atoms with Gasteiger partial charge < -0.3 is 4.55 Å². The fraction of sp³-hybridized carbons (Fsp3) is 0.538. The van der Waals surface area contributed by atoms with Gasteiger partial charge in [0.25, 0.3) is 0 Å². The molecule has 1 aliphatic carbocycles. The van der Waals surface area contributed by atoms with E-state index in [0.29, 0.717) is 24.0 Å². The lowest BCUT2D eigenvalue weighted by Gasteiger charge is -2.26. The van der Waals surface area contributed by atoms with E-state index in [1.165, 1.54) is 6.07 Å². The molecule has 2 rings (SSSR count). The number of nitrogens with one attached hydrogen (secondary N) is 1. The van der Waals surface area contributed by atoms with Crippen LogP contribution in [0.4, 0.5) is 8.78 Å². The Bertz CT molecular complexity index is 459. The van der Waals surface area contributed by atoms with Crippen LogP contribution in [0, 0.1) is 11.6 Å². The van der Waals surface area contributed by atoms with Gasteiger partial charge in [0.15, 0.2) is 0 Å². The Balaban J connectivity index is 2.22. The van der Waals surface area contributed by atoms with Crippen molar-refractivity contribution in [3.63, 3.8) is 0 Å². The summed E-state index contributed by atoms with van der Waals surface area (Å²) in [5.41, 5.74) is 1.14. The molecule has 1 aromatic carbocycles. The highest BCUT2D eigenvalue weighted by molar-refractivity contribution is 7.90. The summed E-state index contributed by atoms with van der Waals surface area (Å²) in [5.74, 6) is -1.09. The normalized spacial score (nSPS) is 20.9. The third kappa shape index (κ3) is 2.68. The molecule has 2 nitrogen and oxygen atoms in total. The molecule has 1 unspecified atom stereocenters. The molecule has 0 radical (unpaired) electrons. The van der Waals surface area contributed by atoms with Crippen LogP contribution in [0.25, 0.3) is 0 Å². The second kappa shape index (κ2) is 4.79. The Hall–Kier alpha value is -0.650. The van der Waals surface area contributed by atoms with Gasteiger partial charge in [-0.1, -0.05) is 0 Å². The van der Waals surface area contributed by atoms with E-state index in [4.69, 9.17) is 0 Å².